The number of likely N-dealkylation sites (N-methyl/N-ethyl adjacent to an activating group) is 1. The highest BCUT2D eigenvalue weighted by molar-refractivity contribution is 7.99. The maximum absolute atomic E-state index is 11.1. The van der Waals surface area contributed by atoms with E-state index in [1.54, 1.807) is 43.2 Å². The molecule has 10 heteroatoms. The van der Waals surface area contributed by atoms with Crippen LogP contribution in [0.5, 0.6) is 11.5 Å². The molecule has 38 heavy (non-hydrogen) atoms. The Morgan fingerprint density at radius 3 is 2.29 bits per heavy atom. The van der Waals surface area contributed by atoms with E-state index in [2.05, 4.69) is 31.5 Å². The average Bonchev–Trinajstić information content (AvgIpc) is 3.38. The van der Waals surface area contributed by atoms with Crippen molar-refractivity contribution in [1.82, 2.24) is 15.0 Å². The van der Waals surface area contributed by atoms with Crippen LogP contribution in [0.15, 0.2) is 82.7 Å². The number of rotatable bonds is 9. The van der Waals surface area contributed by atoms with Crippen LogP contribution < -0.4 is 9.47 Å². The predicted molar refractivity (Wildman–Crippen MR) is 147 cm³/mol. The standard InChI is InChI=1S/C23H19N3O4S.C5H14NO/c1-29-16-9-12-21(30-2)20(13-16)26-14-19(24-25-26)18-5-3-4-6-22(18)31-17-10-7-15(8-11-17)23(27)28;1-6(2,3)4-5-7/h3-14H,1-2H3,(H,27,28);7H,4-5H2,1-3H3/q;+1. The highest BCUT2D eigenvalue weighted by atomic mass is 32.2. The lowest BCUT2D eigenvalue weighted by molar-refractivity contribution is -0.870. The van der Waals surface area contributed by atoms with Crippen molar-refractivity contribution in [2.24, 2.45) is 0 Å². The van der Waals surface area contributed by atoms with Gasteiger partial charge in [-0.3, -0.25) is 0 Å². The molecular formula is C28H33N4O5S+. The molecule has 0 amide bonds. The highest BCUT2D eigenvalue weighted by Crippen LogP contribution is 2.36. The maximum Gasteiger partial charge on any atom is 0.335 e. The van der Waals surface area contributed by atoms with E-state index in [1.807, 2.05) is 48.7 Å². The normalized spacial score (nSPS) is 10.9. The van der Waals surface area contributed by atoms with Crippen molar-refractivity contribution < 1.29 is 29.0 Å². The van der Waals surface area contributed by atoms with Crippen LogP contribution in [0.2, 0.25) is 0 Å². The molecule has 0 aliphatic heterocycles. The van der Waals surface area contributed by atoms with Crippen LogP contribution in [0.3, 0.4) is 0 Å². The number of quaternary nitrogens is 1. The molecule has 0 atom stereocenters. The molecule has 0 aliphatic rings. The van der Waals surface area contributed by atoms with Gasteiger partial charge in [0.05, 0.1) is 53.7 Å². The van der Waals surface area contributed by atoms with E-state index in [4.69, 9.17) is 19.7 Å². The van der Waals surface area contributed by atoms with Gasteiger partial charge >= 0.3 is 5.97 Å². The van der Waals surface area contributed by atoms with Gasteiger partial charge in [-0.1, -0.05) is 35.2 Å². The summed E-state index contributed by atoms with van der Waals surface area (Å²) in [5.41, 5.74) is 2.60. The number of carboxylic acids is 1. The van der Waals surface area contributed by atoms with Gasteiger partial charge in [-0.15, -0.1) is 5.10 Å². The summed E-state index contributed by atoms with van der Waals surface area (Å²) in [6, 6.07) is 20.1. The summed E-state index contributed by atoms with van der Waals surface area (Å²) < 4.78 is 13.3. The molecule has 4 aromatic rings. The predicted octanol–water partition coefficient (Wildman–Crippen LogP) is 4.49. The number of nitrogens with zero attached hydrogens (tertiary/aromatic N) is 4. The number of aliphatic hydroxyl groups is 1. The molecule has 9 nitrogen and oxygen atoms in total. The summed E-state index contributed by atoms with van der Waals surface area (Å²) in [5.74, 6) is 0.397. The summed E-state index contributed by atoms with van der Waals surface area (Å²) in [4.78, 5) is 13.0. The summed E-state index contributed by atoms with van der Waals surface area (Å²) in [6.07, 6.45) is 1.84. The Balaban J connectivity index is 0.000000505. The quantitative estimate of drug-likeness (QED) is 0.301. The van der Waals surface area contributed by atoms with Crippen LogP contribution >= 0.6 is 11.8 Å². The molecule has 0 unspecified atom stereocenters. The van der Waals surface area contributed by atoms with Crippen LogP contribution in [-0.4, -0.2) is 84.2 Å². The van der Waals surface area contributed by atoms with Crippen molar-refractivity contribution in [1.29, 1.82) is 0 Å². The van der Waals surface area contributed by atoms with E-state index in [0.29, 0.717) is 17.2 Å². The number of methoxy groups -OCH3 is 2. The number of carbonyl (C=O) groups is 1. The Morgan fingerprint density at radius 2 is 1.71 bits per heavy atom. The maximum atomic E-state index is 11.1. The number of carboxylic acid groups (broad SMARTS) is 1. The van der Waals surface area contributed by atoms with Crippen LogP contribution in [0.4, 0.5) is 0 Å². The van der Waals surface area contributed by atoms with E-state index in [0.717, 1.165) is 32.1 Å². The van der Waals surface area contributed by atoms with Crippen LogP contribution in [0.25, 0.3) is 16.9 Å². The van der Waals surface area contributed by atoms with Gasteiger partial charge in [0.1, 0.15) is 29.4 Å². The van der Waals surface area contributed by atoms with Crippen molar-refractivity contribution in [3.8, 4) is 28.4 Å². The molecule has 0 saturated heterocycles. The average molecular weight is 538 g/mol. The molecule has 2 N–H and O–H groups in total. The lowest BCUT2D eigenvalue weighted by Crippen LogP contribution is -2.36. The molecule has 200 valence electrons. The lowest BCUT2D eigenvalue weighted by atomic mass is 10.2. The van der Waals surface area contributed by atoms with Crippen molar-refractivity contribution in [2.75, 3.05) is 48.5 Å². The van der Waals surface area contributed by atoms with Crippen molar-refractivity contribution in [3.05, 3.63) is 78.5 Å². The molecule has 1 heterocycles. The topological polar surface area (TPSA) is 107 Å². The fourth-order valence-electron chi connectivity index (χ4n) is 3.34. The van der Waals surface area contributed by atoms with Crippen LogP contribution in [0.1, 0.15) is 10.4 Å². The zero-order valence-corrected chi connectivity index (χ0v) is 23.0. The number of aromatic carboxylic acids is 1. The summed E-state index contributed by atoms with van der Waals surface area (Å²) in [6.45, 7) is 1.11. The van der Waals surface area contributed by atoms with E-state index in [9.17, 15) is 4.79 Å². The Morgan fingerprint density at radius 1 is 1.00 bits per heavy atom. The molecular weight excluding hydrogens is 504 g/mol. The lowest BCUT2D eigenvalue weighted by Gasteiger charge is -2.21. The Kier molecular flexibility index (Phi) is 9.89. The largest absolute Gasteiger partial charge is 0.497 e. The second kappa shape index (κ2) is 13.1. The third-order valence-electron chi connectivity index (χ3n) is 5.39. The fraction of sp³-hybridized carbons (Fsp3) is 0.250. The molecule has 0 saturated carbocycles. The summed E-state index contributed by atoms with van der Waals surface area (Å²) >= 11 is 1.53. The van der Waals surface area contributed by atoms with Gasteiger partial charge in [0.2, 0.25) is 0 Å². The minimum Gasteiger partial charge on any atom is -0.497 e. The molecule has 4 rings (SSSR count). The zero-order chi connectivity index (χ0) is 27.7. The SMILES string of the molecule is COc1ccc(OC)c(-n2cc(-c3ccccc3Sc3ccc(C(=O)O)cc3)nn2)c1.C[N+](C)(C)CCO. The Hall–Kier alpha value is -3.86. The van der Waals surface area contributed by atoms with Gasteiger partial charge in [0.15, 0.2) is 0 Å². The van der Waals surface area contributed by atoms with Gasteiger partial charge in [0.25, 0.3) is 0 Å². The second-order valence-electron chi connectivity index (χ2n) is 9.25. The molecule has 0 aliphatic carbocycles. The molecule has 0 radical (unpaired) electrons. The van der Waals surface area contributed by atoms with Crippen LogP contribution in [0, 0.1) is 0 Å². The number of hydrogen-bond donors (Lipinski definition) is 2. The third kappa shape index (κ3) is 7.82. The van der Waals surface area contributed by atoms with E-state index in [1.165, 1.54) is 11.8 Å². The first-order chi connectivity index (χ1) is 18.1. The van der Waals surface area contributed by atoms with E-state index >= 15 is 0 Å². The van der Waals surface area contributed by atoms with Crippen molar-refractivity contribution >= 4 is 17.7 Å². The van der Waals surface area contributed by atoms with Gasteiger partial charge < -0.3 is 24.2 Å². The Bertz CT molecular complexity index is 1350. The first-order valence-electron chi connectivity index (χ1n) is 11.8. The van der Waals surface area contributed by atoms with E-state index in [-0.39, 0.29) is 12.2 Å². The number of hydrogen-bond acceptors (Lipinski definition) is 7. The third-order valence-corrected chi connectivity index (χ3v) is 6.47. The molecule has 0 bridgehead atoms. The number of aromatic nitrogens is 3. The monoisotopic (exact) mass is 537 g/mol. The molecule has 0 spiro atoms. The van der Waals surface area contributed by atoms with Gasteiger partial charge in [-0.2, -0.15) is 0 Å². The van der Waals surface area contributed by atoms with Gasteiger partial charge in [0, 0.05) is 21.4 Å². The second-order valence-corrected chi connectivity index (χ2v) is 10.4. The molecule has 1 aromatic heterocycles. The molecule has 3 aromatic carbocycles. The van der Waals surface area contributed by atoms with Crippen molar-refractivity contribution in [3.63, 3.8) is 0 Å². The first kappa shape index (κ1) is 28.7. The van der Waals surface area contributed by atoms with Gasteiger partial charge in [-0.25, -0.2) is 9.48 Å². The Labute approximate surface area is 226 Å². The first-order valence-corrected chi connectivity index (χ1v) is 12.6. The number of benzene rings is 3. The van der Waals surface area contributed by atoms with Crippen LogP contribution in [-0.2, 0) is 0 Å². The van der Waals surface area contributed by atoms with E-state index < -0.39 is 5.97 Å². The minimum absolute atomic E-state index is 0.257. The summed E-state index contributed by atoms with van der Waals surface area (Å²) in [7, 11) is 9.36. The van der Waals surface area contributed by atoms with Gasteiger partial charge in [-0.05, 0) is 42.5 Å². The number of ether oxygens (including phenoxy) is 2. The fourth-order valence-corrected chi connectivity index (χ4v) is 4.30. The van der Waals surface area contributed by atoms with Crippen molar-refractivity contribution in [2.45, 2.75) is 9.79 Å². The molecule has 0 fully saturated rings. The smallest absolute Gasteiger partial charge is 0.335 e. The minimum atomic E-state index is -0.943. The summed E-state index contributed by atoms with van der Waals surface area (Å²) in [5, 5.41) is 26.1. The highest BCUT2D eigenvalue weighted by Gasteiger charge is 2.14. The number of aliphatic hydroxyl groups excluding tert-OH is 1. The zero-order valence-electron chi connectivity index (χ0n) is 22.2.